The summed E-state index contributed by atoms with van der Waals surface area (Å²) >= 11 is 3.40. The lowest BCUT2D eigenvalue weighted by atomic mass is 10.1. The van der Waals surface area contributed by atoms with E-state index in [4.69, 9.17) is 0 Å². The van der Waals surface area contributed by atoms with Crippen LogP contribution in [-0.4, -0.2) is 17.0 Å². The van der Waals surface area contributed by atoms with Crippen LogP contribution in [0.1, 0.15) is 18.4 Å². The predicted molar refractivity (Wildman–Crippen MR) is 64.5 cm³/mol. The lowest BCUT2D eigenvalue weighted by Crippen LogP contribution is -2.28. The molecule has 1 aliphatic heterocycles. The molecule has 1 saturated carbocycles. The van der Waals surface area contributed by atoms with E-state index in [0.29, 0.717) is 6.04 Å². The summed E-state index contributed by atoms with van der Waals surface area (Å²) in [5.41, 5.74) is 1.98. The standard InChI is InChI=1S/C12H10BrN2O/c13-9-3-1-8(2-4-9)11-7-14-12(16)15(11)10-5-6-10/h1-4,7,10H,5-6H2. The molecule has 0 aromatic heterocycles. The van der Waals surface area contributed by atoms with Crippen molar-refractivity contribution in [3.05, 3.63) is 40.5 Å². The molecule has 3 rings (SSSR count). The highest BCUT2D eigenvalue weighted by Crippen LogP contribution is 2.36. The van der Waals surface area contributed by atoms with Gasteiger partial charge in [-0.1, -0.05) is 28.1 Å². The van der Waals surface area contributed by atoms with Crippen LogP contribution in [0.15, 0.2) is 34.9 Å². The van der Waals surface area contributed by atoms with Crippen LogP contribution < -0.4 is 5.32 Å². The Morgan fingerprint density at radius 3 is 2.56 bits per heavy atom. The maximum Gasteiger partial charge on any atom is 0.348 e. The van der Waals surface area contributed by atoms with E-state index in [9.17, 15) is 4.79 Å². The summed E-state index contributed by atoms with van der Waals surface area (Å²) in [5, 5.41) is 3.87. The van der Waals surface area contributed by atoms with Crippen molar-refractivity contribution >= 4 is 27.7 Å². The predicted octanol–water partition coefficient (Wildman–Crippen LogP) is 2.95. The molecule has 1 fully saturated rings. The van der Waals surface area contributed by atoms with Gasteiger partial charge in [0.05, 0.1) is 11.9 Å². The third-order valence-corrected chi connectivity index (χ3v) is 3.34. The van der Waals surface area contributed by atoms with Crippen LogP contribution in [0.3, 0.4) is 0 Å². The Hall–Kier alpha value is -1.29. The molecular weight excluding hydrogens is 268 g/mol. The first-order valence-corrected chi connectivity index (χ1v) is 6.05. The number of carbonyl (C=O) groups is 1. The second-order valence-corrected chi connectivity index (χ2v) is 4.95. The molecule has 4 heteroatoms. The molecule has 0 atom stereocenters. The zero-order valence-corrected chi connectivity index (χ0v) is 10.1. The van der Waals surface area contributed by atoms with E-state index < -0.39 is 0 Å². The van der Waals surface area contributed by atoms with Crippen LogP contribution in [-0.2, 0) is 0 Å². The van der Waals surface area contributed by atoms with Crippen molar-refractivity contribution < 1.29 is 4.79 Å². The van der Waals surface area contributed by atoms with Gasteiger partial charge in [0.1, 0.15) is 0 Å². The van der Waals surface area contributed by atoms with Gasteiger partial charge in [-0.05, 0) is 30.5 Å². The third kappa shape index (κ3) is 1.63. The zero-order valence-electron chi connectivity index (χ0n) is 8.56. The van der Waals surface area contributed by atoms with Crippen molar-refractivity contribution in [3.63, 3.8) is 0 Å². The topological polar surface area (TPSA) is 34.4 Å². The van der Waals surface area contributed by atoms with Crippen LogP contribution in [0, 0.1) is 0 Å². The van der Waals surface area contributed by atoms with Crippen LogP contribution in [0.2, 0.25) is 0 Å². The smallest absolute Gasteiger partial charge is 0.287 e. The summed E-state index contributed by atoms with van der Waals surface area (Å²) in [7, 11) is 0. The highest BCUT2D eigenvalue weighted by molar-refractivity contribution is 9.10. The normalized spacial score (nSPS) is 19.7. The van der Waals surface area contributed by atoms with E-state index in [1.807, 2.05) is 29.2 Å². The van der Waals surface area contributed by atoms with Gasteiger partial charge in [-0.2, -0.15) is 5.32 Å². The van der Waals surface area contributed by atoms with Gasteiger partial charge in [0.25, 0.3) is 0 Å². The molecule has 2 amide bonds. The minimum atomic E-state index is -0.125. The maximum atomic E-state index is 11.6. The van der Waals surface area contributed by atoms with E-state index in [0.717, 1.165) is 28.6 Å². The number of urea groups is 1. The fourth-order valence-corrected chi connectivity index (χ4v) is 2.13. The molecule has 0 unspecified atom stereocenters. The first-order chi connectivity index (χ1) is 7.75. The fourth-order valence-electron chi connectivity index (χ4n) is 1.86. The Morgan fingerprint density at radius 2 is 1.94 bits per heavy atom. The number of benzene rings is 1. The van der Waals surface area contributed by atoms with Crippen LogP contribution in [0.25, 0.3) is 5.70 Å². The number of nitrogens with zero attached hydrogens (tertiary/aromatic N) is 2. The van der Waals surface area contributed by atoms with Gasteiger partial charge >= 0.3 is 6.03 Å². The molecule has 0 spiro atoms. The third-order valence-electron chi connectivity index (χ3n) is 2.81. The molecule has 2 aliphatic rings. The molecule has 81 valence electrons. The van der Waals surface area contributed by atoms with Crippen molar-refractivity contribution in [1.82, 2.24) is 10.2 Å². The SMILES string of the molecule is O=C1[N]C=C(c2ccc(Br)cc2)N1C1CC1. The van der Waals surface area contributed by atoms with Crippen LogP contribution in [0.4, 0.5) is 4.79 Å². The molecule has 1 aliphatic carbocycles. The molecule has 1 aromatic carbocycles. The largest absolute Gasteiger partial charge is 0.348 e. The van der Waals surface area contributed by atoms with E-state index in [-0.39, 0.29) is 6.03 Å². The second kappa shape index (κ2) is 3.63. The number of carbonyl (C=O) groups excluding carboxylic acids is 1. The Balaban J connectivity index is 1.93. The Kier molecular flexibility index (Phi) is 2.24. The van der Waals surface area contributed by atoms with Crippen molar-refractivity contribution in [2.24, 2.45) is 0 Å². The van der Waals surface area contributed by atoms with Gasteiger partial charge in [-0.25, -0.2) is 4.79 Å². The fraction of sp³-hybridized carbons (Fsp3) is 0.250. The summed E-state index contributed by atoms with van der Waals surface area (Å²) < 4.78 is 1.04. The van der Waals surface area contributed by atoms with E-state index in [1.54, 1.807) is 6.20 Å². The molecule has 0 N–H and O–H groups in total. The highest BCUT2D eigenvalue weighted by atomic mass is 79.9. The van der Waals surface area contributed by atoms with Crippen molar-refractivity contribution in [2.45, 2.75) is 18.9 Å². The number of rotatable bonds is 2. The molecule has 1 radical (unpaired) electrons. The number of amides is 2. The van der Waals surface area contributed by atoms with Crippen molar-refractivity contribution in [3.8, 4) is 0 Å². The first-order valence-electron chi connectivity index (χ1n) is 5.26. The summed E-state index contributed by atoms with van der Waals surface area (Å²) in [4.78, 5) is 13.4. The van der Waals surface area contributed by atoms with Gasteiger partial charge in [-0.15, -0.1) is 0 Å². The van der Waals surface area contributed by atoms with Gasteiger partial charge in [0, 0.05) is 10.5 Å². The average molecular weight is 278 g/mol. The molecule has 3 nitrogen and oxygen atoms in total. The summed E-state index contributed by atoms with van der Waals surface area (Å²) in [5.74, 6) is 0. The second-order valence-electron chi connectivity index (χ2n) is 4.03. The van der Waals surface area contributed by atoms with Gasteiger partial charge in [0.2, 0.25) is 0 Å². The number of hydrogen-bond donors (Lipinski definition) is 0. The van der Waals surface area contributed by atoms with Crippen LogP contribution >= 0.6 is 15.9 Å². The van der Waals surface area contributed by atoms with Gasteiger partial charge < -0.3 is 0 Å². The lowest BCUT2D eigenvalue weighted by molar-refractivity contribution is 0.223. The monoisotopic (exact) mass is 277 g/mol. The van der Waals surface area contributed by atoms with E-state index in [2.05, 4.69) is 21.2 Å². The summed E-state index contributed by atoms with van der Waals surface area (Å²) in [6.07, 6.45) is 3.86. The number of halogens is 1. The quantitative estimate of drug-likeness (QED) is 0.819. The number of hydrogen-bond acceptors (Lipinski definition) is 1. The Labute approximate surface area is 102 Å². The summed E-state index contributed by atoms with van der Waals surface area (Å²) in [6.45, 7) is 0. The minimum absolute atomic E-state index is 0.125. The van der Waals surface area contributed by atoms with Crippen LogP contribution in [0.5, 0.6) is 0 Å². The average Bonchev–Trinajstić information content (AvgIpc) is 3.04. The molecule has 1 aromatic rings. The summed E-state index contributed by atoms with van der Waals surface area (Å²) in [6, 6.07) is 8.20. The Morgan fingerprint density at radius 1 is 1.25 bits per heavy atom. The van der Waals surface area contributed by atoms with Crippen molar-refractivity contribution in [1.29, 1.82) is 0 Å². The highest BCUT2D eigenvalue weighted by Gasteiger charge is 2.38. The lowest BCUT2D eigenvalue weighted by Gasteiger charge is -2.17. The van der Waals surface area contributed by atoms with Gasteiger partial charge in [0.15, 0.2) is 0 Å². The first kappa shape index (κ1) is 9.90. The Bertz CT molecular complexity index is 462. The maximum absolute atomic E-state index is 11.6. The van der Waals surface area contributed by atoms with E-state index >= 15 is 0 Å². The zero-order chi connectivity index (χ0) is 11.1. The molecule has 1 heterocycles. The minimum Gasteiger partial charge on any atom is -0.287 e. The van der Waals surface area contributed by atoms with E-state index in [1.165, 1.54) is 0 Å². The molecule has 16 heavy (non-hydrogen) atoms. The van der Waals surface area contributed by atoms with Gasteiger partial charge in [-0.3, -0.25) is 4.90 Å². The molecular formula is C12H10BrN2O. The molecule has 0 bridgehead atoms. The molecule has 0 saturated heterocycles. The van der Waals surface area contributed by atoms with Crippen molar-refractivity contribution in [2.75, 3.05) is 0 Å².